The second-order valence-corrected chi connectivity index (χ2v) is 9.05. The first-order valence-electron chi connectivity index (χ1n) is 11.8. The quantitative estimate of drug-likeness (QED) is 0.146. The van der Waals surface area contributed by atoms with Crippen LogP contribution in [0.3, 0.4) is 0 Å². The third kappa shape index (κ3) is 8.29. The van der Waals surface area contributed by atoms with Crippen molar-refractivity contribution in [2.45, 2.75) is 57.3 Å². The fourth-order valence-electron chi connectivity index (χ4n) is 3.70. The number of hydrogen-bond donors (Lipinski definition) is 8. The molecule has 0 spiro atoms. The van der Waals surface area contributed by atoms with E-state index in [-0.39, 0.29) is 19.3 Å². The Morgan fingerprint density at radius 3 is 2.22 bits per heavy atom. The number of benzene rings is 1. The number of nitrogens with one attached hydrogen (secondary N) is 4. The number of aromatic nitrogens is 1. The van der Waals surface area contributed by atoms with Crippen LogP contribution in [0.25, 0.3) is 10.9 Å². The van der Waals surface area contributed by atoms with E-state index >= 15 is 0 Å². The van der Waals surface area contributed by atoms with Gasteiger partial charge in [-0.3, -0.25) is 19.2 Å². The number of rotatable bonds is 14. The number of carbonyl (C=O) groups is 5. The predicted molar refractivity (Wildman–Crippen MR) is 134 cm³/mol. The lowest BCUT2D eigenvalue weighted by Gasteiger charge is -2.26. The van der Waals surface area contributed by atoms with Crippen molar-refractivity contribution in [3.63, 3.8) is 0 Å². The molecule has 0 saturated heterocycles. The average molecular weight is 519 g/mol. The molecule has 202 valence electrons. The molecule has 4 unspecified atom stereocenters. The zero-order chi connectivity index (χ0) is 27.7. The summed E-state index contributed by atoms with van der Waals surface area (Å²) in [5.41, 5.74) is 13.0. The lowest BCUT2D eigenvalue weighted by Crippen LogP contribution is -2.58. The van der Waals surface area contributed by atoms with E-state index in [2.05, 4.69) is 20.9 Å². The number of hydrogen-bond acceptors (Lipinski definition) is 7. The van der Waals surface area contributed by atoms with Crippen LogP contribution in [0, 0.1) is 5.92 Å². The van der Waals surface area contributed by atoms with Crippen LogP contribution < -0.4 is 27.4 Å². The molecule has 4 atom stereocenters. The molecule has 0 aliphatic rings. The minimum atomic E-state index is -1.61. The van der Waals surface area contributed by atoms with Gasteiger partial charge in [0.05, 0.1) is 12.6 Å². The number of nitrogens with two attached hydrogens (primary N) is 2. The van der Waals surface area contributed by atoms with E-state index in [9.17, 15) is 29.1 Å². The van der Waals surface area contributed by atoms with Crippen LogP contribution in [0.4, 0.5) is 0 Å². The van der Waals surface area contributed by atoms with Gasteiger partial charge in [0.1, 0.15) is 18.1 Å². The maximum Gasteiger partial charge on any atom is 0.328 e. The highest BCUT2D eigenvalue weighted by Crippen LogP contribution is 2.19. The van der Waals surface area contributed by atoms with Crippen molar-refractivity contribution < 1.29 is 34.2 Å². The smallest absolute Gasteiger partial charge is 0.328 e. The standard InChI is InChI=1S/C24H34N6O7/c1-12(2)20(30-21(33)15(25)9-13-10-27-16-6-4-3-5-14(13)16)23(35)28-17(7-8-19(26)32)22(34)29-18(11-31)24(36)37/h3-6,10,12,15,17-18,20,27,31H,7-9,11,25H2,1-2H3,(H2,26,32)(H,28,35)(H,29,34)(H,30,33)(H,36,37). The van der Waals surface area contributed by atoms with Crippen LogP contribution in [0.1, 0.15) is 32.3 Å². The normalized spacial score (nSPS) is 14.4. The molecule has 1 heterocycles. The fraction of sp³-hybridized carbons (Fsp3) is 0.458. The highest BCUT2D eigenvalue weighted by Gasteiger charge is 2.31. The number of amides is 4. The van der Waals surface area contributed by atoms with Gasteiger partial charge in [0, 0.05) is 23.5 Å². The summed E-state index contributed by atoms with van der Waals surface area (Å²) in [6.07, 6.45) is 1.49. The largest absolute Gasteiger partial charge is 0.480 e. The zero-order valence-electron chi connectivity index (χ0n) is 20.7. The summed E-state index contributed by atoms with van der Waals surface area (Å²) in [7, 11) is 0. The number of aliphatic hydroxyl groups is 1. The van der Waals surface area contributed by atoms with Gasteiger partial charge in [0.25, 0.3) is 0 Å². The third-order valence-electron chi connectivity index (χ3n) is 5.81. The molecule has 13 nitrogen and oxygen atoms in total. The molecule has 4 amide bonds. The summed E-state index contributed by atoms with van der Waals surface area (Å²) >= 11 is 0. The first kappa shape index (κ1) is 29.3. The van der Waals surface area contributed by atoms with Crippen LogP contribution >= 0.6 is 0 Å². The van der Waals surface area contributed by atoms with Gasteiger partial charge >= 0.3 is 5.97 Å². The Kier molecular flexibility index (Phi) is 10.6. The Morgan fingerprint density at radius 1 is 0.973 bits per heavy atom. The van der Waals surface area contributed by atoms with E-state index in [4.69, 9.17) is 16.6 Å². The number of H-pyrrole nitrogens is 1. The van der Waals surface area contributed by atoms with Crippen molar-refractivity contribution in [2.75, 3.05) is 6.61 Å². The maximum absolute atomic E-state index is 13.0. The van der Waals surface area contributed by atoms with Gasteiger partial charge in [0.2, 0.25) is 23.6 Å². The van der Waals surface area contributed by atoms with E-state index in [0.717, 1.165) is 16.5 Å². The van der Waals surface area contributed by atoms with Gasteiger partial charge in [-0.15, -0.1) is 0 Å². The van der Waals surface area contributed by atoms with Crippen LogP contribution in [0.5, 0.6) is 0 Å². The minimum absolute atomic E-state index is 0.212. The summed E-state index contributed by atoms with van der Waals surface area (Å²) in [6, 6.07) is 2.54. The van der Waals surface area contributed by atoms with Crippen molar-refractivity contribution in [3.8, 4) is 0 Å². The highest BCUT2D eigenvalue weighted by atomic mass is 16.4. The molecule has 0 saturated carbocycles. The molecule has 0 aliphatic heterocycles. The van der Waals surface area contributed by atoms with E-state index < -0.39 is 66.3 Å². The number of carboxylic acids is 1. The Morgan fingerprint density at radius 2 is 1.62 bits per heavy atom. The number of para-hydroxylation sites is 1. The predicted octanol–water partition coefficient (Wildman–Crippen LogP) is -1.51. The van der Waals surface area contributed by atoms with Crippen molar-refractivity contribution in [3.05, 3.63) is 36.0 Å². The molecule has 2 rings (SSSR count). The Labute approximate surface area is 213 Å². The van der Waals surface area contributed by atoms with Crippen LogP contribution in [-0.2, 0) is 30.4 Å². The second kappa shape index (κ2) is 13.4. The molecule has 2 aromatic rings. The van der Waals surface area contributed by atoms with Crippen molar-refractivity contribution >= 4 is 40.5 Å². The number of aromatic amines is 1. The minimum Gasteiger partial charge on any atom is -0.480 e. The van der Waals surface area contributed by atoms with E-state index in [0.29, 0.717) is 0 Å². The van der Waals surface area contributed by atoms with Gasteiger partial charge < -0.3 is 42.6 Å². The molecule has 37 heavy (non-hydrogen) atoms. The summed E-state index contributed by atoms with van der Waals surface area (Å²) in [5.74, 6) is -4.87. The lowest BCUT2D eigenvalue weighted by molar-refractivity contribution is -0.143. The molecule has 0 radical (unpaired) electrons. The Hall–Kier alpha value is -3.97. The average Bonchev–Trinajstić information content (AvgIpc) is 3.25. The monoisotopic (exact) mass is 518 g/mol. The molecular formula is C24H34N6O7. The van der Waals surface area contributed by atoms with E-state index in [1.165, 1.54) is 0 Å². The highest BCUT2D eigenvalue weighted by molar-refractivity contribution is 5.94. The molecule has 0 fully saturated rings. The number of primary amides is 1. The summed E-state index contributed by atoms with van der Waals surface area (Å²) in [5, 5.41) is 26.3. The van der Waals surface area contributed by atoms with E-state index in [1.54, 1.807) is 20.0 Å². The molecule has 0 bridgehead atoms. The van der Waals surface area contributed by atoms with Gasteiger partial charge in [-0.05, 0) is 30.4 Å². The number of aliphatic carboxylic acids is 1. The van der Waals surface area contributed by atoms with Gasteiger partial charge in [-0.25, -0.2) is 4.79 Å². The van der Waals surface area contributed by atoms with Crippen LogP contribution in [0.2, 0.25) is 0 Å². The van der Waals surface area contributed by atoms with Gasteiger partial charge in [-0.2, -0.15) is 0 Å². The first-order valence-corrected chi connectivity index (χ1v) is 11.8. The number of fused-ring (bicyclic) bond motifs is 1. The molecule has 1 aromatic carbocycles. The van der Waals surface area contributed by atoms with E-state index in [1.807, 2.05) is 24.3 Å². The van der Waals surface area contributed by atoms with Crippen LogP contribution in [0.15, 0.2) is 30.5 Å². The first-order chi connectivity index (χ1) is 17.4. The molecule has 10 N–H and O–H groups in total. The van der Waals surface area contributed by atoms with Crippen LogP contribution in [-0.4, -0.2) is 75.6 Å². The molecule has 1 aromatic heterocycles. The number of carboxylic acid groups (broad SMARTS) is 1. The molecule has 0 aliphatic carbocycles. The van der Waals surface area contributed by atoms with Crippen molar-refractivity contribution in [1.82, 2.24) is 20.9 Å². The molecule has 13 heteroatoms. The van der Waals surface area contributed by atoms with Gasteiger partial charge in [0.15, 0.2) is 0 Å². The number of carbonyl (C=O) groups excluding carboxylic acids is 4. The summed E-state index contributed by atoms with van der Waals surface area (Å²) in [6.45, 7) is 2.48. The maximum atomic E-state index is 13.0. The summed E-state index contributed by atoms with van der Waals surface area (Å²) < 4.78 is 0. The van der Waals surface area contributed by atoms with Crippen molar-refractivity contribution in [2.24, 2.45) is 17.4 Å². The zero-order valence-corrected chi connectivity index (χ0v) is 20.7. The van der Waals surface area contributed by atoms with Gasteiger partial charge in [-0.1, -0.05) is 32.0 Å². The van der Waals surface area contributed by atoms with Crippen molar-refractivity contribution in [1.29, 1.82) is 0 Å². The Bertz CT molecular complexity index is 1130. The molecular weight excluding hydrogens is 484 g/mol. The SMILES string of the molecule is CC(C)C(NC(=O)C(N)Cc1c[nH]c2ccccc12)C(=O)NC(CCC(N)=O)C(=O)NC(CO)C(=O)O. The third-order valence-corrected chi connectivity index (χ3v) is 5.81. The second-order valence-electron chi connectivity index (χ2n) is 9.05. The Balaban J connectivity index is 2.10. The fourth-order valence-corrected chi connectivity index (χ4v) is 3.70. The lowest BCUT2D eigenvalue weighted by atomic mass is 10.00. The summed E-state index contributed by atoms with van der Waals surface area (Å²) in [4.78, 5) is 64.0. The topological polar surface area (TPSA) is 230 Å². The number of aliphatic hydroxyl groups excluding tert-OH is 1.